The fourth-order valence-corrected chi connectivity index (χ4v) is 7.15. The van der Waals surface area contributed by atoms with Crippen LogP contribution in [0, 0.1) is 13.8 Å². The molecule has 1 fully saturated rings. The second-order valence-electron chi connectivity index (χ2n) is 12.2. The predicted octanol–water partition coefficient (Wildman–Crippen LogP) is 6.84. The van der Waals surface area contributed by atoms with Crippen LogP contribution in [0.1, 0.15) is 47.7 Å². The molecule has 9 nitrogen and oxygen atoms in total. The molecule has 1 saturated heterocycles. The number of anilines is 2. The van der Waals surface area contributed by atoms with Crippen molar-refractivity contribution in [3.8, 4) is 28.3 Å². The Morgan fingerprint density at radius 2 is 1.76 bits per heavy atom. The summed E-state index contributed by atoms with van der Waals surface area (Å²) >= 11 is 7.21. The lowest BCUT2D eigenvalue weighted by molar-refractivity contribution is 0.0748. The molecule has 2 aliphatic rings. The van der Waals surface area contributed by atoms with Crippen LogP contribution in [0.2, 0.25) is 5.02 Å². The number of rotatable bonds is 7. The Labute approximate surface area is 273 Å². The van der Waals surface area contributed by atoms with Gasteiger partial charge >= 0.3 is 0 Å². The van der Waals surface area contributed by atoms with Gasteiger partial charge < -0.3 is 20.1 Å². The normalized spacial score (nSPS) is 16.5. The zero-order valence-electron chi connectivity index (χ0n) is 26.5. The number of ether oxygens (including phenoxy) is 2. The summed E-state index contributed by atoms with van der Waals surface area (Å²) < 4.78 is 12.8. The lowest BCUT2D eigenvalue weighted by atomic mass is 9.96. The van der Waals surface area contributed by atoms with Crippen LogP contribution in [0.3, 0.4) is 0 Å². The van der Waals surface area contributed by atoms with Crippen LogP contribution in [-0.4, -0.2) is 46.1 Å². The van der Waals surface area contributed by atoms with E-state index in [0.717, 1.165) is 89.2 Å². The number of methoxy groups -OCH3 is 1. The number of hydrogen-bond donors (Lipinski definition) is 2. The quantitative estimate of drug-likeness (QED) is 0.200. The van der Waals surface area contributed by atoms with Crippen molar-refractivity contribution < 1.29 is 9.47 Å². The summed E-state index contributed by atoms with van der Waals surface area (Å²) in [6.45, 7) is 5.55. The van der Waals surface area contributed by atoms with E-state index in [-0.39, 0.29) is 11.6 Å². The minimum atomic E-state index is -0.208. The maximum absolute atomic E-state index is 13.0. The van der Waals surface area contributed by atoms with Gasteiger partial charge in [-0.3, -0.25) is 4.79 Å². The van der Waals surface area contributed by atoms with Crippen LogP contribution >= 0.6 is 11.6 Å². The van der Waals surface area contributed by atoms with Gasteiger partial charge in [0.15, 0.2) is 0 Å². The van der Waals surface area contributed by atoms with E-state index in [4.69, 9.17) is 26.1 Å². The third-order valence-electron chi connectivity index (χ3n) is 9.22. The molecule has 46 heavy (non-hydrogen) atoms. The number of fused-ring (bicyclic) bond motifs is 2. The predicted molar refractivity (Wildman–Crippen MR) is 182 cm³/mol. The highest BCUT2D eigenvalue weighted by molar-refractivity contribution is 6.36. The van der Waals surface area contributed by atoms with Gasteiger partial charge in [-0.15, -0.1) is 0 Å². The van der Waals surface area contributed by atoms with Crippen molar-refractivity contribution in [3.05, 3.63) is 92.5 Å². The van der Waals surface area contributed by atoms with Crippen molar-refractivity contribution in [1.82, 2.24) is 25.1 Å². The molecular weight excluding hydrogens is 600 g/mol. The van der Waals surface area contributed by atoms with Crippen LogP contribution in [0.25, 0.3) is 33.2 Å². The molecule has 0 radical (unpaired) electrons. The van der Waals surface area contributed by atoms with Crippen molar-refractivity contribution in [2.75, 3.05) is 25.6 Å². The SMILES string of the molecule is COc1nc(-c2cccc(-c3cccc(Nc4nc(C)cc5cnn(C)c(=O)c45)c3C)c2Cl)cc2c1[C@@H](NC1CCOCC1)CC2. The molecule has 3 aromatic heterocycles. The molecular formula is C36H37ClN6O3. The third-order valence-corrected chi connectivity index (χ3v) is 9.63. The molecule has 4 heterocycles. The maximum Gasteiger partial charge on any atom is 0.278 e. The lowest BCUT2D eigenvalue weighted by Gasteiger charge is -2.27. The van der Waals surface area contributed by atoms with Crippen molar-refractivity contribution in [3.63, 3.8) is 0 Å². The van der Waals surface area contributed by atoms with E-state index in [1.807, 2.05) is 50.2 Å². The van der Waals surface area contributed by atoms with E-state index >= 15 is 0 Å². The Hall–Kier alpha value is -4.31. The van der Waals surface area contributed by atoms with E-state index in [1.165, 1.54) is 10.2 Å². The summed E-state index contributed by atoms with van der Waals surface area (Å²) in [5, 5.41) is 13.3. The maximum atomic E-state index is 13.0. The third kappa shape index (κ3) is 5.53. The molecule has 236 valence electrons. The van der Waals surface area contributed by atoms with E-state index in [0.29, 0.717) is 28.1 Å². The molecule has 0 spiro atoms. The van der Waals surface area contributed by atoms with Gasteiger partial charge in [0.25, 0.3) is 5.56 Å². The molecule has 1 aliphatic carbocycles. The molecule has 1 atom stereocenters. The summed E-state index contributed by atoms with van der Waals surface area (Å²) in [7, 11) is 3.33. The van der Waals surface area contributed by atoms with Crippen molar-refractivity contribution in [2.24, 2.45) is 7.05 Å². The van der Waals surface area contributed by atoms with E-state index in [2.05, 4.69) is 32.8 Å². The van der Waals surface area contributed by atoms with E-state index in [9.17, 15) is 4.79 Å². The lowest BCUT2D eigenvalue weighted by Crippen LogP contribution is -2.36. The van der Waals surface area contributed by atoms with Crippen LogP contribution in [0.5, 0.6) is 5.88 Å². The highest BCUT2D eigenvalue weighted by Crippen LogP contribution is 2.43. The van der Waals surface area contributed by atoms with Crippen LogP contribution in [0.4, 0.5) is 11.5 Å². The molecule has 0 bridgehead atoms. The number of pyridine rings is 2. The number of halogens is 1. The highest BCUT2D eigenvalue weighted by atomic mass is 35.5. The second-order valence-corrected chi connectivity index (χ2v) is 12.5. The Kier molecular flexibility index (Phi) is 8.23. The molecule has 0 amide bonds. The first-order valence-corrected chi connectivity index (χ1v) is 16.1. The summed E-state index contributed by atoms with van der Waals surface area (Å²) in [5.41, 5.74) is 8.29. The van der Waals surface area contributed by atoms with Gasteiger partial charge in [-0.1, -0.05) is 41.9 Å². The molecule has 0 saturated carbocycles. The van der Waals surface area contributed by atoms with Gasteiger partial charge in [0, 0.05) is 65.8 Å². The summed E-state index contributed by atoms with van der Waals surface area (Å²) in [5.74, 6) is 1.15. The van der Waals surface area contributed by atoms with Crippen LogP contribution in [0.15, 0.2) is 59.5 Å². The summed E-state index contributed by atoms with van der Waals surface area (Å²) in [6.07, 6.45) is 5.69. The topological polar surface area (TPSA) is 103 Å². The Morgan fingerprint density at radius 3 is 2.57 bits per heavy atom. The van der Waals surface area contributed by atoms with Crippen LogP contribution in [-0.2, 0) is 18.2 Å². The van der Waals surface area contributed by atoms with Crippen molar-refractivity contribution in [1.29, 1.82) is 0 Å². The standard InChI is InChI=1S/C36H37ClN6O3/c1-20-17-23-19-38-43(3)36(44)32(23)34(39-20)41-28-10-6-7-25(21(28)2)26-8-5-9-27(33(26)37)30-18-22-11-12-29(31(22)35(42-30)45-4)40-24-13-15-46-16-14-24/h5-10,17-19,24,29,40H,11-16H2,1-4H3,(H,39,41)/t29-/m0/s1. The number of benzene rings is 2. The molecule has 1 aliphatic heterocycles. The van der Waals surface area contributed by atoms with Crippen molar-refractivity contribution >= 4 is 33.9 Å². The Bertz CT molecular complexity index is 2020. The largest absolute Gasteiger partial charge is 0.481 e. The highest BCUT2D eigenvalue weighted by Gasteiger charge is 2.31. The van der Waals surface area contributed by atoms with Gasteiger partial charge in [-0.05, 0) is 74.4 Å². The Balaban J connectivity index is 1.24. The molecule has 2 N–H and O–H groups in total. The average molecular weight is 637 g/mol. The second kappa shape index (κ2) is 12.5. The molecule has 0 unspecified atom stereocenters. The van der Waals surface area contributed by atoms with Crippen molar-refractivity contribution in [2.45, 2.75) is 51.6 Å². The number of aromatic nitrogens is 4. The Morgan fingerprint density at radius 1 is 1.00 bits per heavy atom. The van der Waals surface area contributed by atoms with Crippen LogP contribution < -0.4 is 20.9 Å². The molecule has 2 aromatic carbocycles. The van der Waals surface area contributed by atoms with Gasteiger partial charge in [-0.25, -0.2) is 14.6 Å². The number of nitrogens with zero attached hydrogens (tertiary/aromatic N) is 4. The van der Waals surface area contributed by atoms with Gasteiger partial charge in [-0.2, -0.15) is 5.10 Å². The van der Waals surface area contributed by atoms with Gasteiger partial charge in [0.1, 0.15) is 5.82 Å². The first kappa shape index (κ1) is 30.3. The molecule has 7 rings (SSSR count). The van der Waals surface area contributed by atoms with E-state index in [1.54, 1.807) is 20.4 Å². The molecule has 10 heteroatoms. The average Bonchev–Trinajstić information content (AvgIpc) is 3.46. The smallest absolute Gasteiger partial charge is 0.278 e. The number of aryl methyl sites for hydroxylation is 3. The fraction of sp³-hybridized carbons (Fsp3) is 0.333. The van der Waals surface area contributed by atoms with Gasteiger partial charge in [0.05, 0.1) is 29.4 Å². The number of hydrogen-bond acceptors (Lipinski definition) is 8. The zero-order valence-corrected chi connectivity index (χ0v) is 27.2. The first-order valence-electron chi connectivity index (χ1n) is 15.7. The summed E-state index contributed by atoms with van der Waals surface area (Å²) in [4.78, 5) is 22.7. The fourth-order valence-electron chi connectivity index (χ4n) is 6.82. The van der Waals surface area contributed by atoms with Gasteiger partial charge in [0.2, 0.25) is 5.88 Å². The minimum absolute atomic E-state index is 0.208. The van der Waals surface area contributed by atoms with E-state index < -0.39 is 0 Å². The first-order chi connectivity index (χ1) is 22.3. The summed E-state index contributed by atoms with van der Waals surface area (Å²) in [6, 6.07) is 16.8. The zero-order chi connectivity index (χ0) is 31.9. The molecule has 5 aromatic rings. The monoisotopic (exact) mass is 636 g/mol. The number of nitrogens with one attached hydrogen (secondary N) is 2. The minimum Gasteiger partial charge on any atom is -0.481 e.